The number of thioether (sulfide) groups is 1. The van der Waals surface area contributed by atoms with E-state index in [1.54, 1.807) is 6.26 Å². The minimum atomic E-state index is -1.81. The standard InChI is InChI=1S/C30H39N3O17S2/c1-12(34)41-9-19-22(23(44-15(4)37)25(46-17(6)39)27(48-19)33-11-31-29(52-8)32-30(33)51)50-28-26(47-18(7)40)24(45-16(5)38)21(43-14(3)36)20(49-28)10-42-13(2)35/h11,19-28H,9-10H2,1-8H3/t19-,20-,21-,22-,23+,24+,25-,26-,27+,28+/m1/s1. The second-order valence-corrected chi connectivity index (χ2v) is 12.4. The summed E-state index contributed by atoms with van der Waals surface area (Å²) in [4.78, 5) is 94.3. The van der Waals surface area contributed by atoms with Crippen molar-refractivity contribution in [2.24, 2.45) is 0 Å². The number of hydrogen-bond acceptors (Lipinski definition) is 21. The van der Waals surface area contributed by atoms with E-state index in [0.29, 0.717) is 5.16 Å². The molecule has 0 radical (unpaired) electrons. The van der Waals surface area contributed by atoms with Crippen molar-refractivity contribution in [1.29, 1.82) is 0 Å². The van der Waals surface area contributed by atoms with Crippen LogP contribution < -0.4 is 0 Å². The van der Waals surface area contributed by atoms with Crippen molar-refractivity contribution in [3.05, 3.63) is 11.1 Å². The average molecular weight is 778 g/mol. The fraction of sp³-hybridized carbons (Fsp3) is 0.667. The highest BCUT2D eigenvalue weighted by Gasteiger charge is 2.57. The van der Waals surface area contributed by atoms with Crippen LogP contribution in [0.25, 0.3) is 0 Å². The summed E-state index contributed by atoms with van der Waals surface area (Å²) < 4.78 is 57.9. The molecule has 20 nitrogen and oxygen atoms in total. The maximum Gasteiger partial charge on any atom is 0.303 e. The highest BCUT2D eigenvalue weighted by molar-refractivity contribution is 7.98. The van der Waals surface area contributed by atoms with Gasteiger partial charge in [-0.1, -0.05) is 11.8 Å². The van der Waals surface area contributed by atoms with Gasteiger partial charge in [0.1, 0.15) is 37.9 Å². The van der Waals surface area contributed by atoms with Gasteiger partial charge in [0.05, 0.1) is 0 Å². The molecule has 0 bridgehead atoms. The molecule has 52 heavy (non-hydrogen) atoms. The van der Waals surface area contributed by atoms with Crippen LogP contribution in [0.5, 0.6) is 0 Å². The Morgan fingerprint density at radius 3 is 1.56 bits per heavy atom. The Kier molecular flexibility index (Phi) is 15.4. The van der Waals surface area contributed by atoms with Gasteiger partial charge in [-0.2, -0.15) is 4.98 Å². The Balaban J connectivity index is 2.23. The molecule has 22 heteroatoms. The SMILES string of the molecule is CSc1ncn([C@H]2O[C@H](COC(C)=O)[C@@H](O[C@@H]3O[C@H](COC(C)=O)[C@@H](OC(C)=O)[C@H](OC(C)=O)[C@H]3OC(C)=O)[C@H](OC(C)=O)[C@H]2OC(C)=O)c(=S)n1. The third kappa shape index (κ3) is 11.6. The first kappa shape index (κ1) is 42.2. The van der Waals surface area contributed by atoms with Crippen molar-refractivity contribution < 1.29 is 80.9 Å². The van der Waals surface area contributed by atoms with E-state index in [9.17, 15) is 33.6 Å². The number of hydrogen-bond donors (Lipinski definition) is 0. The van der Waals surface area contributed by atoms with E-state index in [1.807, 2.05) is 0 Å². The maximum atomic E-state index is 12.6. The van der Waals surface area contributed by atoms with E-state index in [-0.39, 0.29) is 4.77 Å². The van der Waals surface area contributed by atoms with Crippen molar-refractivity contribution in [2.75, 3.05) is 19.5 Å². The zero-order valence-electron chi connectivity index (χ0n) is 29.4. The first-order chi connectivity index (χ1) is 24.4. The molecule has 2 aliphatic rings. The lowest BCUT2D eigenvalue weighted by atomic mass is 9.95. The predicted octanol–water partition coefficient (Wildman–Crippen LogP) is 0.522. The van der Waals surface area contributed by atoms with E-state index in [2.05, 4.69) is 9.97 Å². The van der Waals surface area contributed by atoms with Gasteiger partial charge in [0.15, 0.2) is 48.2 Å². The van der Waals surface area contributed by atoms with Crippen LogP contribution in [0.4, 0.5) is 0 Å². The molecule has 2 saturated heterocycles. The normalized spacial score (nSPS) is 28.4. The van der Waals surface area contributed by atoms with E-state index in [4.69, 9.17) is 59.6 Å². The minimum absolute atomic E-state index is 0.0757. The largest absolute Gasteiger partial charge is 0.463 e. The van der Waals surface area contributed by atoms with Crippen LogP contribution in [-0.2, 0) is 80.9 Å². The van der Waals surface area contributed by atoms with Gasteiger partial charge in [-0.15, -0.1) is 0 Å². The van der Waals surface area contributed by atoms with Crippen LogP contribution >= 0.6 is 24.0 Å². The van der Waals surface area contributed by atoms with Gasteiger partial charge < -0.3 is 47.4 Å². The summed E-state index contributed by atoms with van der Waals surface area (Å²) in [6.07, 6.45) is -12.7. The summed E-state index contributed by atoms with van der Waals surface area (Å²) >= 11 is 6.65. The molecule has 0 aromatic carbocycles. The highest BCUT2D eigenvalue weighted by atomic mass is 32.2. The lowest BCUT2D eigenvalue weighted by Gasteiger charge is -2.49. The maximum absolute atomic E-state index is 12.6. The highest BCUT2D eigenvalue weighted by Crippen LogP contribution is 2.38. The molecule has 3 heterocycles. The molecular weight excluding hydrogens is 738 g/mol. The topological polar surface area (TPSA) is 242 Å². The van der Waals surface area contributed by atoms with Crippen molar-refractivity contribution in [2.45, 2.75) is 115 Å². The summed E-state index contributed by atoms with van der Waals surface area (Å²) in [6, 6.07) is 0. The summed E-state index contributed by atoms with van der Waals surface area (Å²) in [7, 11) is 0. The summed E-state index contributed by atoms with van der Waals surface area (Å²) in [5, 5.41) is 0.305. The Morgan fingerprint density at radius 1 is 0.654 bits per heavy atom. The molecular formula is C30H39N3O17S2. The number of esters is 7. The third-order valence-corrected chi connectivity index (χ3v) is 7.93. The lowest BCUT2D eigenvalue weighted by Crippen LogP contribution is -2.66. The molecule has 2 fully saturated rings. The minimum Gasteiger partial charge on any atom is -0.463 e. The third-order valence-electron chi connectivity index (χ3n) is 7.07. The number of aromatic nitrogens is 3. The van der Waals surface area contributed by atoms with Crippen LogP contribution in [0, 0.1) is 4.77 Å². The van der Waals surface area contributed by atoms with Gasteiger partial charge in [-0.25, -0.2) is 4.98 Å². The predicted molar refractivity (Wildman–Crippen MR) is 171 cm³/mol. The molecule has 0 N–H and O–H groups in total. The Bertz CT molecular complexity index is 1570. The van der Waals surface area contributed by atoms with Crippen LogP contribution in [0.3, 0.4) is 0 Å². The van der Waals surface area contributed by atoms with Gasteiger partial charge in [0.2, 0.25) is 4.77 Å². The average Bonchev–Trinajstić information content (AvgIpc) is 3.02. The number of nitrogens with zero attached hydrogens (tertiary/aromatic N) is 3. The van der Waals surface area contributed by atoms with Crippen molar-refractivity contribution in [1.82, 2.24) is 14.5 Å². The van der Waals surface area contributed by atoms with Crippen LogP contribution in [-0.4, -0.2) is 131 Å². The van der Waals surface area contributed by atoms with Gasteiger partial charge in [-0.05, 0) is 18.5 Å². The second kappa shape index (κ2) is 19.0. The Labute approximate surface area is 306 Å². The first-order valence-electron chi connectivity index (χ1n) is 15.5. The molecule has 3 rings (SSSR count). The molecule has 0 aliphatic carbocycles. The smallest absolute Gasteiger partial charge is 0.303 e. The number of ether oxygens (including phenoxy) is 10. The Morgan fingerprint density at radius 2 is 1.10 bits per heavy atom. The first-order valence-corrected chi connectivity index (χ1v) is 17.1. The Hall–Kier alpha value is -4.25. The van der Waals surface area contributed by atoms with E-state index >= 15 is 0 Å². The monoisotopic (exact) mass is 777 g/mol. The molecule has 0 spiro atoms. The molecule has 10 atom stereocenters. The number of rotatable bonds is 13. The molecule has 288 valence electrons. The fourth-order valence-corrected chi connectivity index (χ4v) is 5.94. The molecule has 2 aliphatic heterocycles. The van der Waals surface area contributed by atoms with Gasteiger partial charge in [-0.3, -0.25) is 38.1 Å². The van der Waals surface area contributed by atoms with Gasteiger partial charge in [0, 0.05) is 48.5 Å². The lowest BCUT2D eigenvalue weighted by molar-refractivity contribution is -0.349. The quantitative estimate of drug-likeness (QED) is 0.115. The molecule has 1 aromatic heterocycles. The van der Waals surface area contributed by atoms with Crippen LogP contribution in [0.15, 0.2) is 11.5 Å². The molecule has 0 unspecified atom stereocenters. The summed E-state index contributed by atoms with van der Waals surface area (Å²) in [5.41, 5.74) is 0. The van der Waals surface area contributed by atoms with Crippen LogP contribution in [0.2, 0.25) is 0 Å². The van der Waals surface area contributed by atoms with Crippen molar-refractivity contribution in [3.63, 3.8) is 0 Å². The zero-order valence-corrected chi connectivity index (χ0v) is 31.0. The molecule has 0 amide bonds. The van der Waals surface area contributed by atoms with E-state index < -0.39 is 116 Å². The van der Waals surface area contributed by atoms with Gasteiger partial charge >= 0.3 is 41.8 Å². The second-order valence-electron chi connectivity index (χ2n) is 11.2. The summed E-state index contributed by atoms with van der Waals surface area (Å²) in [5.74, 6) is -5.93. The zero-order chi connectivity index (χ0) is 38.9. The van der Waals surface area contributed by atoms with Crippen LogP contribution in [0.1, 0.15) is 54.7 Å². The number of carbonyl (C=O) groups excluding carboxylic acids is 7. The van der Waals surface area contributed by atoms with Crippen molar-refractivity contribution in [3.8, 4) is 0 Å². The molecule has 0 saturated carbocycles. The number of carbonyl (C=O) groups is 7. The van der Waals surface area contributed by atoms with Gasteiger partial charge in [0.25, 0.3) is 0 Å². The summed E-state index contributed by atoms with van der Waals surface area (Å²) in [6.45, 7) is 6.32. The van der Waals surface area contributed by atoms with E-state index in [0.717, 1.165) is 48.5 Å². The van der Waals surface area contributed by atoms with Crippen molar-refractivity contribution >= 4 is 65.8 Å². The molecule has 1 aromatic rings. The fourth-order valence-electron chi connectivity index (χ4n) is 5.32. The van der Waals surface area contributed by atoms with E-state index in [1.165, 1.54) is 22.7 Å².